The second kappa shape index (κ2) is 6.65. The minimum atomic E-state index is -0.307. The van der Waals surface area contributed by atoms with Crippen molar-refractivity contribution < 1.29 is 9.59 Å². The fraction of sp³-hybridized carbons (Fsp3) is 0.600. The molecule has 2 heterocycles. The molecule has 114 valence electrons. The molecule has 0 unspecified atom stereocenters. The fourth-order valence-corrected chi connectivity index (χ4v) is 2.51. The molecule has 1 aliphatic heterocycles. The van der Waals surface area contributed by atoms with Gasteiger partial charge in [0, 0.05) is 30.9 Å². The van der Waals surface area contributed by atoms with Crippen molar-refractivity contribution in [2.75, 3.05) is 18.4 Å². The second-order valence-corrected chi connectivity index (χ2v) is 5.56. The van der Waals surface area contributed by atoms with Crippen LogP contribution < -0.4 is 5.32 Å². The van der Waals surface area contributed by atoms with E-state index >= 15 is 0 Å². The molecule has 0 spiro atoms. The lowest BCUT2D eigenvalue weighted by Crippen LogP contribution is -2.29. The van der Waals surface area contributed by atoms with Gasteiger partial charge in [0.05, 0.1) is 5.92 Å². The summed E-state index contributed by atoms with van der Waals surface area (Å²) in [5, 5.41) is 2.72. The Bertz CT molecular complexity index is 524. The Morgan fingerprint density at radius 1 is 1.38 bits per heavy atom. The average molecular weight is 290 g/mol. The van der Waals surface area contributed by atoms with E-state index in [1.807, 2.05) is 19.9 Å². The number of hydrogen-bond donors (Lipinski definition) is 1. The molecule has 1 atom stereocenters. The number of rotatable bonds is 5. The second-order valence-electron chi connectivity index (χ2n) is 5.56. The van der Waals surface area contributed by atoms with Crippen molar-refractivity contribution in [3.05, 3.63) is 17.5 Å². The molecule has 0 aliphatic carbocycles. The van der Waals surface area contributed by atoms with E-state index in [2.05, 4.69) is 22.2 Å². The van der Waals surface area contributed by atoms with Gasteiger partial charge in [-0.3, -0.25) is 14.9 Å². The van der Waals surface area contributed by atoms with Crippen LogP contribution in [0.15, 0.2) is 6.07 Å². The van der Waals surface area contributed by atoms with Gasteiger partial charge in [0.1, 0.15) is 0 Å². The summed E-state index contributed by atoms with van der Waals surface area (Å²) in [6, 6.07) is 1.85. The van der Waals surface area contributed by atoms with Crippen LogP contribution in [0.5, 0.6) is 0 Å². The maximum Gasteiger partial charge on any atom is 0.232 e. The van der Waals surface area contributed by atoms with E-state index in [4.69, 9.17) is 0 Å². The highest BCUT2D eigenvalue weighted by molar-refractivity contribution is 5.96. The molecule has 0 saturated carbocycles. The molecule has 1 N–H and O–H groups in total. The molecular formula is C15H22N4O2. The lowest BCUT2D eigenvalue weighted by molar-refractivity contribution is -0.128. The van der Waals surface area contributed by atoms with E-state index in [9.17, 15) is 9.59 Å². The van der Waals surface area contributed by atoms with E-state index in [1.165, 1.54) is 0 Å². The van der Waals surface area contributed by atoms with Gasteiger partial charge in [-0.2, -0.15) is 0 Å². The summed E-state index contributed by atoms with van der Waals surface area (Å²) in [6.07, 6.45) is 2.29. The van der Waals surface area contributed by atoms with Crippen LogP contribution in [0, 0.1) is 19.8 Å². The van der Waals surface area contributed by atoms with Gasteiger partial charge >= 0.3 is 0 Å². The third-order valence-electron chi connectivity index (χ3n) is 3.58. The van der Waals surface area contributed by atoms with Gasteiger partial charge in [-0.1, -0.05) is 13.3 Å². The first kappa shape index (κ1) is 15.4. The number of anilines is 1. The zero-order valence-corrected chi connectivity index (χ0v) is 12.8. The number of hydrogen-bond acceptors (Lipinski definition) is 4. The van der Waals surface area contributed by atoms with Crippen LogP contribution in [0.4, 0.5) is 5.95 Å². The smallest absolute Gasteiger partial charge is 0.232 e. The van der Waals surface area contributed by atoms with Crippen LogP contribution in [0.2, 0.25) is 0 Å². The maximum atomic E-state index is 12.2. The summed E-state index contributed by atoms with van der Waals surface area (Å²) in [4.78, 5) is 34.3. The standard InChI is InChI=1S/C15H22N4O2/c1-4-5-6-19-9-12(8-13(19)20)14(21)18-15-16-10(2)7-11(3)17-15/h7,12H,4-6,8-9H2,1-3H3,(H,16,17,18,21)/t12-/m1/s1. The van der Waals surface area contributed by atoms with E-state index in [0.717, 1.165) is 30.8 Å². The first-order valence-corrected chi connectivity index (χ1v) is 7.40. The van der Waals surface area contributed by atoms with E-state index in [1.54, 1.807) is 4.90 Å². The van der Waals surface area contributed by atoms with Crippen LogP contribution >= 0.6 is 0 Å². The fourth-order valence-electron chi connectivity index (χ4n) is 2.51. The summed E-state index contributed by atoms with van der Waals surface area (Å²) in [7, 11) is 0. The highest BCUT2D eigenvalue weighted by atomic mass is 16.2. The van der Waals surface area contributed by atoms with Gasteiger partial charge in [-0.25, -0.2) is 9.97 Å². The molecule has 6 heteroatoms. The number of nitrogens with zero attached hydrogens (tertiary/aromatic N) is 3. The van der Waals surface area contributed by atoms with Crippen molar-refractivity contribution in [2.24, 2.45) is 5.92 Å². The molecule has 6 nitrogen and oxygen atoms in total. The van der Waals surface area contributed by atoms with Crippen LogP contribution in [0.3, 0.4) is 0 Å². The summed E-state index contributed by atoms with van der Waals surface area (Å²) in [6.45, 7) is 7.03. The van der Waals surface area contributed by atoms with Gasteiger partial charge in [0.15, 0.2) is 0 Å². The highest BCUT2D eigenvalue weighted by Crippen LogP contribution is 2.19. The zero-order chi connectivity index (χ0) is 15.4. The first-order valence-electron chi connectivity index (χ1n) is 7.40. The lowest BCUT2D eigenvalue weighted by atomic mass is 10.1. The molecule has 0 aromatic carbocycles. The van der Waals surface area contributed by atoms with Crippen LogP contribution in [0.25, 0.3) is 0 Å². The third-order valence-corrected chi connectivity index (χ3v) is 3.58. The number of aryl methyl sites for hydroxylation is 2. The van der Waals surface area contributed by atoms with E-state index in [-0.39, 0.29) is 24.2 Å². The monoisotopic (exact) mass is 290 g/mol. The SMILES string of the molecule is CCCCN1C[C@H](C(=O)Nc2nc(C)cc(C)n2)CC1=O. The predicted molar refractivity (Wildman–Crippen MR) is 79.7 cm³/mol. The minimum absolute atomic E-state index is 0.0601. The summed E-state index contributed by atoms with van der Waals surface area (Å²) >= 11 is 0. The van der Waals surface area contributed by atoms with Gasteiger partial charge in [-0.05, 0) is 26.3 Å². The molecule has 1 fully saturated rings. The normalized spacial score (nSPS) is 18.1. The molecule has 1 saturated heterocycles. The number of carbonyl (C=O) groups is 2. The molecule has 0 bridgehead atoms. The molecule has 2 amide bonds. The Kier molecular flexibility index (Phi) is 4.88. The number of likely N-dealkylation sites (tertiary alicyclic amines) is 1. The predicted octanol–water partition coefficient (Wildman–Crippen LogP) is 1.68. The van der Waals surface area contributed by atoms with Crippen molar-refractivity contribution >= 4 is 17.8 Å². The molecular weight excluding hydrogens is 268 g/mol. The average Bonchev–Trinajstić information content (AvgIpc) is 2.76. The van der Waals surface area contributed by atoms with Gasteiger partial charge < -0.3 is 4.90 Å². The third kappa shape index (κ3) is 4.00. The Labute approximate surface area is 125 Å². The number of nitrogens with one attached hydrogen (secondary N) is 1. The van der Waals surface area contributed by atoms with Crippen molar-refractivity contribution in [3.63, 3.8) is 0 Å². The topological polar surface area (TPSA) is 75.2 Å². The lowest BCUT2D eigenvalue weighted by Gasteiger charge is -2.15. The molecule has 2 rings (SSSR count). The van der Waals surface area contributed by atoms with Crippen molar-refractivity contribution in [2.45, 2.75) is 40.0 Å². The Morgan fingerprint density at radius 3 is 2.67 bits per heavy atom. The number of carbonyl (C=O) groups excluding carboxylic acids is 2. The number of aromatic nitrogens is 2. The molecule has 21 heavy (non-hydrogen) atoms. The molecule has 1 aromatic heterocycles. The highest BCUT2D eigenvalue weighted by Gasteiger charge is 2.34. The number of unbranched alkanes of at least 4 members (excludes halogenated alkanes) is 1. The Balaban J connectivity index is 1.96. The van der Waals surface area contributed by atoms with Crippen LogP contribution in [-0.2, 0) is 9.59 Å². The van der Waals surface area contributed by atoms with Crippen LogP contribution in [0.1, 0.15) is 37.6 Å². The molecule has 1 aliphatic rings. The molecule has 1 aromatic rings. The maximum absolute atomic E-state index is 12.2. The summed E-state index contributed by atoms with van der Waals surface area (Å²) < 4.78 is 0. The zero-order valence-electron chi connectivity index (χ0n) is 12.8. The van der Waals surface area contributed by atoms with E-state index < -0.39 is 0 Å². The van der Waals surface area contributed by atoms with E-state index in [0.29, 0.717) is 12.5 Å². The Hall–Kier alpha value is -1.98. The largest absolute Gasteiger partial charge is 0.342 e. The van der Waals surface area contributed by atoms with Gasteiger partial charge in [-0.15, -0.1) is 0 Å². The quantitative estimate of drug-likeness (QED) is 0.895. The van der Waals surface area contributed by atoms with Crippen molar-refractivity contribution in [3.8, 4) is 0 Å². The van der Waals surface area contributed by atoms with Gasteiger partial charge in [0.25, 0.3) is 0 Å². The van der Waals surface area contributed by atoms with Gasteiger partial charge in [0.2, 0.25) is 17.8 Å². The molecule has 0 radical (unpaired) electrons. The summed E-state index contributed by atoms with van der Waals surface area (Å²) in [5.41, 5.74) is 1.62. The Morgan fingerprint density at radius 2 is 2.05 bits per heavy atom. The summed E-state index contributed by atoms with van der Waals surface area (Å²) in [5.74, 6) is -0.104. The van der Waals surface area contributed by atoms with Crippen molar-refractivity contribution in [1.82, 2.24) is 14.9 Å². The minimum Gasteiger partial charge on any atom is -0.342 e. The number of amides is 2. The van der Waals surface area contributed by atoms with Crippen molar-refractivity contribution in [1.29, 1.82) is 0 Å². The first-order chi connectivity index (χ1) is 9.99. The van der Waals surface area contributed by atoms with Crippen LogP contribution in [-0.4, -0.2) is 39.8 Å².